The number of rotatable bonds is 4. The molecule has 0 radical (unpaired) electrons. The highest BCUT2D eigenvalue weighted by molar-refractivity contribution is 7.16. The van der Waals surface area contributed by atoms with Crippen molar-refractivity contribution in [2.45, 2.75) is 12.8 Å². The largest absolute Gasteiger partial charge is 0.299 e. The minimum absolute atomic E-state index is 0.0193. The van der Waals surface area contributed by atoms with Crippen molar-refractivity contribution in [1.29, 1.82) is 0 Å². The Morgan fingerprint density at radius 2 is 2.21 bits per heavy atom. The molecular formula is C12H15OP. The van der Waals surface area contributed by atoms with Crippen LogP contribution in [0.4, 0.5) is 0 Å². The van der Waals surface area contributed by atoms with Crippen LogP contribution in [0, 0.1) is 0 Å². The minimum Gasteiger partial charge on any atom is -0.299 e. The number of carbonyl (C=O) groups is 1. The second kappa shape index (κ2) is 5.07. The SMILES string of the molecule is C=Cc1ccccc1C(CP)C(C)=O. The number of Topliss-reactive ketones (excluding diaryl/α,β-unsaturated/α-hetero) is 1. The van der Waals surface area contributed by atoms with E-state index >= 15 is 0 Å². The first-order chi connectivity index (χ1) is 6.70. The Balaban J connectivity index is 3.15. The van der Waals surface area contributed by atoms with Gasteiger partial charge in [-0.25, -0.2) is 0 Å². The van der Waals surface area contributed by atoms with Crippen LogP contribution in [0.15, 0.2) is 30.8 Å². The zero-order valence-corrected chi connectivity index (χ0v) is 9.52. The molecular weight excluding hydrogens is 191 g/mol. The number of hydrogen-bond donors (Lipinski definition) is 0. The third-order valence-corrected chi connectivity index (χ3v) is 2.79. The zero-order chi connectivity index (χ0) is 10.6. The van der Waals surface area contributed by atoms with Gasteiger partial charge >= 0.3 is 0 Å². The molecule has 0 saturated heterocycles. The standard InChI is InChI=1S/C12H15OP/c1-3-10-6-4-5-7-11(10)12(8-14)9(2)13/h3-7,12H,1,8,14H2,2H3. The summed E-state index contributed by atoms with van der Waals surface area (Å²) in [5.74, 6) is 0.184. The summed E-state index contributed by atoms with van der Waals surface area (Å²) >= 11 is 0. The Labute approximate surface area is 87.4 Å². The lowest BCUT2D eigenvalue weighted by molar-refractivity contribution is -0.117. The van der Waals surface area contributed by atoms with E-state index in [-0.39, 0.29) is 11.7 Å². The van der Waals surface area contributed by atoms with E-state index in [2.05, 4.69) is 15.8 Å². The molecule has 2 atom stereocenters. The maximum atomic E-state index is 11.4. The quantitative estimate of drug-likeness (QED) is 0.692. The third-order valence-electron chi connectivity index (χ3n) is 2.32. The van der Waals surface area contributed by atoms with Gasteiger partial charge in [0.05, 0.1) is 0 Å². The van der Waals surface area contributed by atoms with E-state index in [0.717, 1.165) is 17.3 Å². The van der Waals surface area contributed by atoms with Gasteiger partial charge in [-0.2, -0.15) is 0 Å². The summed E-state index contributed by atoms with van der Waals surface area (Å²) in [5, 5.41) is 0. The van der Waals surface area contributed by atoms with Crippen LogP contribution in [0.25, 0.3) is 6.08 Å². The first-order valence-corrected chi connectivity index (χ1v) is 5.44. The zero-order valence-electron chi connectivity index (χ0n) is 8.36. The fourth-order valence-electron chi connectivity index (χ4n) is 1.53. The topological polar surface area (TPSA) is 17.1 Å². The number of benzene rings is 1. The molecule has 2 unspecified atom stereocenters. The number of hydrogen-bond acceptors (Lipinski definition) is 1. The molecule has 0 saturated carbocycles. The molecule has 0 aromatic heterocycles. The Kier molecular flexibility index (Phi) is 4.03. The molecule has 0 N–H and O–H groups in total. The molecule has 0 aliphatic heterocycles. The van der Waals surface area contributed by atoms with Gasteiger partial charge in [0.25, 0.3) is 0 Å². The van der Waals surface area contributed by atoms with E-state index < -0.39 is 0 Å². The van der Waals surface area contributed by atoms with Gasteiger partial charge in [-0.3, -0.25) is 4.79 Å². The predicted octanol–water partition coefficient (Wildman–Crippen LogP) is 2.88. The molecule has 0 aliphatic rings. The van der Waals surface area contributed by atoms with Gasteiger partial charge in [0, 0.05) is 5.92 Å². The lowest BCUT2D eigenvalue weighted by Gasteiger charge is -2.14. The van der Waals surface area contributed by atoms with Crippen molar-refractivity contribution in [3.63, 3.8) is 0 Å². The summed E-state index contributed by atoms with van der Waals surface area (Å²) < 4.78 is 0. The molecule has 74 valence electrons. The highest BCUT2D eigenvalue weighted by Gasteiger charge is 2.16. The molecule has 0 amide bonds. The Morgan fingerprint density at radius 1 is 1.57 bits per heavy atom. The molecule has 14 heavy (non-hydrogen) atoms. The maximum Gasteiger partial charge on any atom is 0.137 e. The monoisotopic (exact) mass is 206 g/mol. The molecule has 0 heterocycles. The number of carbonyl (C=O) groups excluding carboxylic acids is 1. The average Bonchev–Trinajstić information content (AvgIpc) is 2.19. The third kappa shape index (κ3) is 2.30. The Hall–Kier alpha value is -0.940. The van der Waals surface area contributed by atoms with Crippen LogP contribution in [0.1, 0.15) is 24.0 Å². The van der Waals surface area contributed by atoms with Crippen LogP contribution in [0.5, 0.6) is 0 Å². The molecule has 0 fully saturated rings. The van der Waals surface area contributed by atoms with E-state index in [9.17, 15) is 4.79 Å². The van der Waals surface area contributed by atoms with Crippen molar-refractivity contribution in [3.8, 4) is 0 Å². The van der Waals surface area contributed by atoms with E-state index in [1.54, 1.807) is 13.0 Å². The summed E-state index contributed by atoms with van der Waals surface area (Å²) in [4.78, 5) is 11.4. The summed E-state index contributed by atoms with van der Waals surface area (Å²) in [5.41, 5.74) is 2.13. The molecule has 1 aromatic carbocycles. The van der Waals surface area contributed by atoms with Gasteiger partial charge in [0.1, 0.15) is 5.78 Å². The van der Waals surface area contributed by atoms with Crippen LogP contribution >= 0.6 is 9.24 Å². The summed E-state index contributed by atoms with van der Waals surface area (Å²) in [6.07, 6.45) is 2.56. The second-order valence-corrected chi connectivity index (χ2v) is 3.70. The van der Waals surface area contributed by atoms with E-state index in [4.69, 9.17) is 0 Å². The van der Waals surface area contributed by atoms with Crippen molar-refractivity contribution < 1.29 is 4.79 Å². The lowest BCUT2D eigenvalue weighted by Crippen LogP contribution is -2.11. The van der Waals surface area contributed by atoms with Crippen molar-refractivity contribution in [2.24, 2.45) is 0 Å². The molecule has 1 rings (SSSR count). The van der Waals surface area contributed by atoms with Crippen LogP contribution in [-0.2, 0) is 4.79 Å². The Morgan fingerprint density at radius 3 is 2.71 bits per heavy atom. The summed E-state index contributed by atoms with van der Waals surface area (Å²) in [6, 6.07) is 7.89. The minimum atomic E-state index is -0.0193. The van der Waals surface area contributed by atoms with Crippen molar-refractivity contribution >= 4 is 21.1 Å². The molecule has 0 spiro atoms. The average molecular weight is 206 g/mol. The predicted molar refractivity (Wildman–Crippen MR) is 64.5 cm³/mol. The first-order valence-electron chi connectivity index (χ1n) is 4.62. The highest BCUT2D eigenvalue weighted by atomic mass is 31.0. The smallest absolute Gasteiger partial charge is 0.137 e. The summed E-state index contributed by atoms with van der Waals surface area (Å²) in [7, 11) is 2.62. The van der Waals surface area contributed by atoms with Gasteiger partial charge in [-0.05, 0) is 24.2 Å². The fourth-order valence-corrected chi connectivity index (χ4v) is 2.11. The Bertz CT molecular complexity index is 344. The van der Waals surface area contributed by atoms with Crippen LogP contribution in [0.3, 0.4) is 0 Å². The van der Waals surface area contributed by atoms with E-state index in [0.29, 0.717) is 0 Å². The number of ketones is 1. The van der Waals surface area contributed by atoms with Gasteiger partial charge in [0.15, 0.2) is 0 Å². The molecule has 1 nitrogen and oxygen atoms in total. The molecule has 1 aromatic rings. The maximum absolute atomic E-state index is 11.4. The lowest BCUT2D eigenvalue weighted by atomic mass is 9.93. The fraction of sp³-hybridized carbons (Fsp3) is 0.250. The van der Waals surface area contributed by atoms with Gasteiger partial charge in [0.2, 0.25) is 0 Å². The summed E-state index contributed by atoms with van der Waals surface area (Å²) in [6.45, 7) is 5.38. The molecule has 0 bridgehead atoms. The van der Waals surface area contributed by atoms with Crippen LogP contribution < -0.4 is 0 Å². The van der Waals surface area contributed by atoms with Crippen LogP contribution in [0.2, 0.25) is 0 Å². The van der Waals surface area contributed by atoms with Crippen LogP contribution in [-0.4, -0.2) is 11.9 Å². The molecule has 2 heteroatoms. The van der Waals surface area contributed by atoms with E-state index in [1.165, 1.54) is 0 Å². The van der Waals surface area contributed by atoms with Crippen molar-refractivity contribution in [1.82, 2.24) is 0 Å². The second-order valence-electron chi connectivity index (χ2n) is 3.23. The van der Waals surface area contributed by atoms with Gasteiger partial charge in [-0.15, -0.1) is 9.24 Å². The van der Waals surface area contributed by atoms with Gasteiger partial charge < -0.3 is 0 Å². The first kappa shape index (κ1) is 11.1. The normalized spacial score (nSPS) is 12.1. The molecule has 0 aliphatic carbocycles. The highest BCUT2D eigenvalue weighted by Crippen LogP contribution is 2.23. The van der Waals surface area contributed by atoms with Gasteiger partial charge in [-0.1, -0.05) is 36.9 Å². The van der Waals surface area contributed by atoms with Crippen molar-refractivity contribution in [2.75, 3.05) is 6.16 Å². The van der Waals surface area contributed by atoms with Crippen molar-refractivity contribution in [3.05, 3.63) is 42.0 Å². The van der Waals surface area contributed by atoms with E-state index in [1.807, 2.05) is 24.3 Å².